The predicted octanol–water partition coefficient (Wildman–Crippen LogP) is 11.2. The summed E-state index contributed by atoms with van der Waals surface area (Å²) in [5.74, 6) is 0.631. The van der Waals surface area contributed by atoms with Gasteiger partial charge in [-0.2, -0.15) is 14.9 Å². The van der Waals surface area contributed by atoms with Crippen molar-refractivity contribution in [3.63, 3.8) is 0 Å². The zero-order valence-corrected chi connectivity index (χ0v) is 49.0. The van der Waals surface area contributed by atoms with E-state index in [4.69, 9.17) is 23.7 Å². The van der Waals surface area contributed by atoms with Crippen molar-refractivity contribution < 1.29 is 19.4 Å². The summed E-state index contributed by atoms with van der Waals surface area (Å²) in [5.41, 5.74) is 16.9. The minimum absolute atomic E-state index is 0. The molecule has 0 aliphatic carbocycles. The molecule has 1 unspecified atom stereocenters. The zero-order chi connectivity index (χ0) is 54.0. The Hall–Kier alpha value is -5.61. The highest BCUT2D eigenvalue weighted by molar-refractivity contribution is 9.09. The van der Waals surface area contributed by atoms with Crippen molar-refractivity contribution in [1.29, 1.82) is 0 Å². The number of non-ortho nitro benzene ring substituents is 2. The standard InChI is InChI=1S/C26H30N6O3S.C20H31N5S2.C8H6BrNO3.H3P/c27-25-24(23(33)18-4-8-22(9-5-18)32(34)35)36-26(29-25)28-19-6-10-20(11-7-19)31-16-12-21(13-17-31)30-14-2-1-3-15-30;1-2-27-19(21)23-20(26)22-16-6-8-17(9-7-16)25-14-10-18(11-15-25)24-12-4-3-5-13-24;9-5-8(11)6-1-3-7(4-2-6)10(12)13;/h4-11,21H,1-3,12-17,27H2,(H,28,29);6-9,18H,2-5,10-15H2,1H3,(H3,21,22,23,26);1-4H,5H2;1H3. The number of nitrogen functional groups attached to an aromatic ring is 1. The number of halogens is 1. The largest absolute Gasteiger partial charge is 0.382 e. The number of nitrogens with zero attached hydrogens (tertiary/aromatic N) is 8. The van der Waals surface area contributed by atoms with E-state index in [0.29, 0.717) is 31.4 Å². The average Bonchev–Trinajstić information content (AvgIpc) is 3.83. The number of aliphatic imine (C=N–C) groups is 1. The fourth-order valence-electron chi connectivity index (χ4n) is 9.87. The van der Waals surface area contributed by atoms with Crippen LogP contribution in [0.5, 0.6) is 0 Å². The molecule has 1 aromatic heterocycles. The molecule has 0 radical (unpaired) electrons. The number of rotatable bonds is 14. The highest BCUT2D eigenvalue weighted by Gasteiger charge is 2.27. The van der Waals surface area contributed by atoms with Crippen LogP contribution in [0.2, 0.25) is 0 Å². The average molecular weight is 1190 g/mol. The summed E-state index contributed by atoms with van der Waals surface area (Å²) in [6, 6.07) is 29.2. The maximum atomic E-state index is 12.8. The number of piperidine rings is 4. The van der Waals surface area contributed by atoms with Gasteiger partial charge in [0.05, 0.1) is 15.2 Å². The van der Waals surface area contributed by atoms with Gasteiger partial charge < -0.3 is 41.7 Å². The number of anilines is 6. The Bertz CT molecular complexity index is 2750. The lowest BCUT2D eigenvalue weighted by molar-refractivity contribution is -0.385. The second kappa shape index (κ2) is 30.5. The Labute approximate surface area is 476 Å². The monoisotopic (exact) mass is 1190 g/mol. The van der Waals surface area contributed by atoms with Crippen LogP contribution >= 0.6 is 61.1 Å². The van der Waals surface area contributed by atoms with Crippen molar-refractivity contribution in [1.82, 2.24) is 14.8 Å². The molecular formula is C54H70BrN12O6PS3. The first-order chi connectivity index (χ1) is 36.8. The van der Waals surface area contributed by atoms with Crippen molar-refractivity contribution >= 4 is 128 Å². The third-order valence-electron chi connectivity index (χ3n) is 13.9. The summed E-state index contributed by atoms with van der Waals surface area (Å²) in [7, 11) is 0. The van der Waals surface area contributed by atoms with Crippen molar-refractivity contribution in [2.75, 3.05) is 89.6 Å². The number of hydrogen-bond donors (Lipinski definition) is 4. The quantitative estimate of drug-likeness (QED) is 0.0118. The number of nitrogens with one attached hydrogen (secondary N) is 2. The van der Waals surface area contributed by atoms with Crippen LogP contribution < -0.4 is 31.9 Å². The Morgan fingerprint density at radius 2 is 1.16 bits per heavy atom. The number of likely N-dealkylation sites (tertiary alicyclic amines) is 2. The van der Waals surface area contributed by atoms with Gasteiger partial charge in [-0.3, -0.25) is 29.8 Å². The lowest BCUT2D eigenvalue weighted by atomic mass is 9.99. The van der Waals surface area contributed by atoms with E-state index in [-0.39, 0.29) is 44.0 Å². The fraction of sp³-hybridized carbons (Fsp3) is 0.426. The number of benzene rings is 4. The molecule has 5 heterocycles. The molecule has 1 atom stereocenters. The number of nitrogens with two attached hydrogens (primary N) is 2. The maximum Gasteiger partial charge on any atom is 0.269 e. The van der Waals surface area contributed by atoms with Gasteiger partial charge in [0, 0.05) is 96.4 Å². The number of alkyl halides is 1. The number of thioether (sulfide) groups is 1. The van der Waals surface area contributed by atoms with Crippen LogP contribution in [-0.2, 0) is 0 Å². The number of thiazole rings is 1. The molecule has 9 rings (SSSR count). The van der Waals surface area contributed by atoms with Gasteiger partial charge in [0.2, 0.25) is 5.78 Å². The summed E-state index contributed by atoms with van der Waals surface area (Å²) >= 11 is 10.9. The van der Waals surface area contributed by atoms with E-state index in [1.54, 1.807) is 0 Å². The highest BCUT2D eigenvalue weighted by atomic mass is 79.9. The van der Waals surface area contributed by atoms with Crippen molar-refractivity contribution in [2.24, 2.45) is 10.7 Å². The molecule has 0 bridgehead atoms. The van der Waals surface area contributed by atoms with Crippen molar-refractivity contribution in [2.45, 2.75) is 83.2 Å². The minimum atomic E-state index is -0.500. The van der Waals surface area contributed by atoms with Crippen LogP contribution in [-0.4, -0.2) is 122 Å². The van der Waals surface area contributed by atoms with E-state index in [1.807, 2.05) is 19.1 Å². The molecule has 5 aromatic rings. The van der Waals surface area contributed by atoms with Crippen LogP contribution in [0.3, 0.4) is 0 Å². The number of Topliss-reactive ketones (excluding diaryl/α,β-unsaturated/α-hetero) is 1. The van der Waals surface area contributed by atoms with Crippen LogP contribution in [0.25, 0.3) is 0 Å². The van der Waals surface area contributed by atoms with E-state index >= 15 is 0 Å². The molecule has 412 valence electrons. The first-order valence-corrected chi connectivity index (χ1v) is 29.2. The molecule has 4 aliphatic rings. The van der Waals surface area contributed by atoms with Crippen molar-refractivity contribution in [3.05, 3.63) is 133 Å². The number of hydrogen-bond acceptors (Lipinski definition) is 16. The summed E-state index contributed by atoms with van der Waals surface area (Å²) in [6.45, 7) is 11.6. The molecule has 0 saturated carbocycles. The lowest BCUT2D eigenvalue weighted by Gasteiger charge is -2.41. The van der Waals surface area contributed by atoms with Gasteiger partial charge in [-0.05, 0) is 168 Å². The summed E-state index contributed by atoms with van der Waals surface area (Å²) < 4.78 is 0. The number of amidine groups is 1. The molecule has 18 nitrogen and oxygen atoms in total. The second-order valence-electron chi connectivity index (χ2n) is 18.9. The molecule has 0 amide bonds. The highest BCUT2D eigenvalue weighted by Crippen LogP contribution is 2.32. The van der Waals surface area contributed by atoms with Crippen LogP contribution in [0, 0.1) is 20.2 Å². The molecule has 4 saturated heterocycles. The number of ketones is 2. The van der Waals surface area contributed by atoms with Gasteiger partial charge in [-0.15, -0.1) is 0 Å². The van der Waals surface area contributed by atoms with Gasteiger partial charge in [0.25, 0.3) is 11.4 Å². The summed E-state index contributed by atoms with van der Waals surface area (Å²) in [5, 5.41) is 29.1. The summed E-state index contributed by atoms with van der Waals surface area (Å²) in [4.78, 5) is 63.2. The molecular weight excluding hydrogens is 1120 g/mol. The van der Waals surface area contributed by atoms with E-state index in [2.05, 4.69) is 92.5 Å². The maximum absolute atomic E-state index is 12.8. The first kappa shape index (κ1) is 60.6. The Morgan fingerprint density at radius 1 is 0.714 bits per heavy atom. The number of thiocarbonyl (C=S) groups is 1. The van der Waals surface area contributed by atoms with E-state index in [0.717, 1.165) is 55.4 Å². The molecule has 77 heavy (non-hydrogen) atoms. The third kappa shape index (κ3) is 18.0. The van der Waals surface area contributed by atoms with Crippen LogP contribution in [0.1, 0.15) is 96.7 Å². The molecule has 0 spiro atoms. The van der Waals surface area contributed by atoms with E-state index < -0.39 is 9.85 Å². The molecule has 6 N–H and O–H groups in total. The normalized spacial score (nSPS) is 16.6. The number of nitro groups is 2. The molecule has 23 heteroatoms. The van der Waals surface area contributed by atoms with Crippen LogP contribution in [0.4, 0.5) is 45.1 Å². The van der Waals surface area contributed by atoms with Gasteiger partial charge in [-0.25, -0.2) is 4.98 Å². The third-order valence-corrected chi connectivity index (χ3v) is 16.3. The molecule has 4 aliphatic heterocycles. The molecule has 4 fully saturated rings. The first-order valence-electron chi connectivity index (χ1n) is 25.9. The van der Waals surface area contributed by atoms with Gasteiger partial charge in [0.1, 0.15) is 10.7 Å². The van der Waals surface area contributed by atoms with Gasteiger partial charge in [-0.1, -0.05) is 58.8 Å². The Balaban J connectivity index is 0.000000206. The van der Waals surface area contributed by atoms with Gasteiger partial charge >= 0.3 is 0 Å². The SMILES string of the molecule is CCSC(N)=NC(=S)Nc1ccc(N2CCC(N3CCCCC3)CC2)cc1.Nc1nc(Nc2ccc(N3CCC(N4CCCCC4)CC3)cc2)sc1C(=O)c1ccc([N+](=O)[O-])cc1.O=C(CBr)c1ccc([N+](=O)[O-])cc1.P. The number of nitro benzene ring substituents is 2. The lowest BCUT2D eigenvalue weighted by Crippen LogP contribution is -2.46. The topological polar surface area (TPSA) is 235 Å². The smallest absolute Gasteiger partial charge is 0.269 e. The van der Waals surface area contributed by atoms with Crippen LogP contribution in [0.15, 0.2) is 102 Å². The number of carbonyl (C=O) groups is 2. The molecule has 4 aromatic carbocycles. The van der Waals surface area contributed by atoms with E-state index in [9.17, 15) is 29.8 Å². The summed E-state index contributed by atoms with van der Waals surface area (Å²) in [6.07, 6.45) is 13.2. The number of aromatic nitrogens is 1. The fourth-order valence-corrected chi connectivity index (χ4v) is 11.8. The zero-order valence-electron chi connectivity index (χ0n) is 43.5. The number of carbonyl (C=O) groups excluding carboxylic acids is 2. The van der Waals surface area contributed by atoms with E-state index in [1.165, 1.54) is 173 Å². The minimum Gasteiger partial charge on any atom is -0.382 e. The Morgan fingerprint density at radius 3 is 1.58 bits per heavy atom. The second-order valence-corrected chi connectivity index (χ2v) is 22.1. The Kier molecular flexibility index (Phi) is 24.0. The van der Waals surface area contributed by atoms with Crippen molar-refractivity contribution in [3.8, 4) is 0 Å². The van der Waals surface area contributed by atoms with Gasteiger partial charge in [0.15, 0.2) is 21.2 Å². The predicted molar refractivity (Wildman–Crippen MR) is 329 cm³/mol.